The summed E-state index contributed by atoms with van der Waals surface area (Å²) in [5.74, 6) is -0.873. The van der Waals surface area contributed by atoms with Gasteiger partial charge in [0.05, 0.1) is 23.3 Å². The number of imidazole rings is 1. The Morgan fingerprint density at radius 2 is 2.00 bits per heavy atom. The number of ether oxygens (including phenoxy) is 2. The molecule has 1 aliphatic rings. The molecule has 1 saturated carbocycles. The molecule has 0 unspecified atom stereocenters. The van der Waals surface area contributed by atoms with Crippen LogP contribution in [-0.2, 0) is 14.3 Å². The summed E-state index contributed by atoms with van der Waals surface area (Å²) in [4.78, 5) is 30.9. The number of rotatable bonds is 4. The van der Waals surface area contributed by atoms with Crippen molar-refractivity contribution in [3.05, 3.63) is 30.1 Å². The van der Waals surface area contributed by atoms with Crippen molar-refractivity contribution in [2.45, 2.75) is 32.1 Å². The van der Waals surface area contributed by atoms with Gasteiger partial charge in [0.15, 0.2) is 0 Å². The second-order valence-corrected chi connectivity index (χ2v) is 5.45. The summed E-state index contributed by atoms with van der Waals surface area (Å²) in [6, 6.07) is 5.20. The third-order valence-corrected chi connectivity index (χ3v) is 4.00. The number of fused-ring (bicyclic) bond motifs is 1. The summed E-state index contributed by atoms with van der Waals surface area (Å²) in [5.41, 5.74) is 1.66. The number of aromatic nitrogens is 2. The number of hydrogen-bond donors (Lipinski definition) is 1. The van der Waals surface area contributed by atoms with E-state index in [9.17, 15) is 9.59 Å². The lowest BCUT2D eigenvalue weighted by Gasteiger charge is -2.19. The van der Waals surface area contributed by atoms with Gasteiger partial charge in [-0.2, -0.15) is 0 Å². The molecule has 6 heteroatoms. The first-order valence-electron chi connectivity index (χ1n) is 7.51. The third-order valence-electron chi connectivity index (χ3n) is 4.00. The SMILES string of the molecule is O=C(OCOC(=O)C1CCCCC1)c1cccc2[nH]cnc12. The summed E-state index contributed by atoms with van der Waals surface area (Å²) < 4.78 is 10.1. The zero-order chi connectivity index (χ0) is 15.4. The molecule has 2 aromatic rings. The molecule has 0 radical (unpaired) electrons. The second-order valence-electron chi connectivity index (χ2n) is 5.45. The second kappa shape index (κ2) is 6.60. The zero-order valence-corrected chi connectivity index (χ0v) is 12.2. The van der Waals surface area contributed by atoms with Crippen LogP contribution in [0.5, 0.6) is 0 Å². The summed E-state index contributed by atoms with van der Waals surface area (Å²) in [5, 5.41) is 0. The Morgan fingerprint density at radius 3 is 2.82 bits per heavy atom. The summed E-state index contributed by atoms with van der Waals surface area (Å²) in [6.07, 6.45) is 6.52. The molecule has 0 saturated heterocycles. The molecule has 1 aromatic carbocycles. The van der Waals surface area contributed by atoms with E-state index in [2.05, 4.69) is 9.97 Å². The van der Waals surface area contributed by atoms with E-state index in [4.69, 9.17) is 9.47 Å². The van der Waals surface area contributed by atoms with E-state index >= 15 is 0 Å². The highest BCUT2D eigenvalue weighted by Crippen LogP contribution is 2.24. The largest absolute Gasteiger partial charge is 0.428 e. The summed E-state index contributed by atoms with van der Waals surface area (Å²) in [7, 11) is 0. The molecule has 22 heavy (non-hydrogen) atoms. The topological polar surface area (TPSA) is 81.3 Å². The van der Waals surface area contributed by atoms with Crippen molar-refractivity contribution in [1.82, 2.24) is 9.97 Å². The number of para-hydroxylation sites is 1. The van der Waals surface area contributed by atoms with Crippen molar-refractivity contribution < 1.29 is 19.1 Å². The predicted molar refractivity (Wildman–Crippen MR) is 79.0 cm³/mol. The molecule has 0 aliphatic heterocycles. The van der Waals surface area contributed by atoms with E-state index in [0.29, 0.717) is 11.1 Å². The summed E-state index contributed by atoms with van der Waals surface area (Å²) in [6.45, 7) is -0.352. The Bertz CT molecular complexity index is 674. The van der Waals surface area contributed by atoms with Crippen molar-refractivity contribution in [3.63, 3.8) is 0 Å². The highest BCUT2D eigenvalue weighted by Gasteiger charge is 2.23. The third kappa shape index (κ3) is 3.10. The standard InChI is InChI=1S/C16H18N2O4/c19-15(11-5-2-1-3-6-11)21-10-22-16(20)12-7-4-8-13-14(12)18-9-17-13/h4,7-9,11H,1-3,5-6,10H2,(H,17,18). The highest BCUT2D eigenvalue weighted by atomic mass is 16.7. The van der Waals surface area contributed by atoms with Crippen molar-refractivity contribution in [1.29, 1.82) is 0 Å². The Labute approximate surface area is 127 Å². The fraction of sp³-hybridized carbons (Fsp3) is 0.438. The van der Waals surface area contributed by atoms with Gasteiger partial charge in [-0.3, -0.25) is 4.79 Å². The van der Waals surface area contributed by atoms with Gasteiger partial charge in [0.2, 0.25) is 6.79 Å². The molecule has 3 rings (SSSR count). The molecule has 116 valence electrons. The first-order chi connectivity index (χ1) is 10.8. The van der Waals surface area contributed by atoms with Crippen LogP contribution in [0.1, 0.15) is 42.5 Å². The molecular weight excluding hydrogens is 284 g/mol. The number of benzene rings is 1. The van der Waals surface area contributed by atoms with Crippen LogP contribution in [-0.4, -0.2) is 28.7 Å². The Hall–Kier alpha value is -2.37. The molecule has 1 N–H and O–H groups in total. The van der Waals surface area contributed by atoms with Gasteiger partial charge in [0.1, 0.15) is 5.52 Å². The lowest BCUT2D eigenvalue weighted by molar-refractivity contribution is -0.158. The smallest absolute Gasteiger partial charge is 0.343 e. The van der Waals surface area contributed by atoms with Crippen molar-refractivity contribution >= 4 is 23.0 Å². The van der Waals surface area contributed by atoms with E-state index in [1.54, 1.807) is 12.1 Å². The van der Waals surface area contributed by atoms with Crippen LogP contribution in [0.15, 0.2) is 24.5 Å². The normalized spacial score (nSPS) is 15.6. The number of nitrogens with zero attached hydrogens (tertiary/aromatic N) is 1. The van der Waals surface area contributed by atoms with E-state index in [0.717, 1.165) is 31.2 Å². The van der Waals surface area contributed by atoms with Crippen LogP contribution in [0.3, 0.4) is 0 Å². The average Bonchev–Trinajstić information content (AvgIpc) is 3.04. The maximum Gasteiger partial charge on any atom is 0.343 e. The quantitative estimate of drug-likeness (QED) is 0.693. The van der Waals surface area contributed by atoms with E-state index in [1.165, 1.54) is 12.7 Å². The van der Waals surface area contributed by atoms with E-state index in [1.807, 2.05) is 6.07 Å². The molecule has 1 heterocycles. The average molecular weight is 302 g/mol. The first-order valence-corrected chi connectivity index (χ1v) is 7.51. The van der Waals surface area contributed by atoms with Crippen LogP contribution in [0.4, 0.5) is 0 Å². The van der Waals surface area contributed by atoms with Gasteiger partial charge < -0.3 is 14.5 Å². The molecule has 0 spiro atoms. The van der Waals surface area contributed by atoms with Gasteiger partial charge in [-0.05, 0) is 25.0 Å². The van der Waals surface area contributed by atoms with E-state index in [-0.39, 0.29) is 18.7 Å². The van der Waals surface area contributed by atoms with Gasteiger partial charge in [0, 0.05) is 0 Å². The Morgan fingerprint density at radius 1 is 1.18 bits per heavy atom. The van der Waals surface area contributed by atoms with Crippen LogP contribution >= 0.6 is 0 Å². The maximum atomic E-state index is 12.0. The highest BCUT2D eigenvalue weighted by molar-refractivity contribution is 6.01. The number of hydrogen-bond acceptors (Lipinski definition) is 5. The number of aromatic amines is 1. The predicted octanol–water partition coefficient (Wildman–Crippen LogP) is 2.80. The molecule has 1 aliphatic carbocycles. The van der Waals surface area contributed by atoms with Crippen molar-refractivity contribution in [2.24, 2.45) is 5.92 Å². The summed E-state index contributed by atoms with van der Waals surface area (Å²) >= 11 is 0. The minimum Gasteiger partial charge on any atom is -0.428 e. The minimum atomic E-state index is -0.547. The molecule has 6 nitrogen and oxygen atoms in total. The maximum absolute atomic E-state index is 12.0. The molecule has 0 bridgehead atoms. The lowest BCUT2D eigenvalue weighted by atomic mass is 9.89. The van der Waals surface area contributed by atoms with Crippen LogP contribution in [0.2, 0.25) is 0 Å². The Kier molecular flexibility index (Phi) is 4.37. The number of esters is 2. The number of carbonyl (C=O) groups excluding carboxylic acids is 2. The van der Waals surface area contributed by atoms with Gasteiger partial charge in [-0.1, -0.05) is 25.3 Å². The number of H-pyrrole nitrogens is 1. The van der Waals surface area contributed by atoms with Crippen LogP contribution in [0.25, 0.3) is 11.0 Å². The zero-order valence-electron chi connectivity index (χ0n) is 12.2. The van der Waals surface area contributed by atoms with Crippen molar-refractivity contribution in [3.8, 4) is 0 Å². The monoisotopic (exact) mass is 302 g/mol. The molecule has 0 atom stereocenters. The van der Waals surface area contributed by atoms with Crippen molar-refractivity contribution in [2.75, 3.05) is 6.79 Å². The van der Waals surface area contributed by atoms with Gasteiger partial charge in [-0.25, -0.2) is 9.78 Å². The van der Waals surface area contributed by atoms with Crippen LogP contribution < -0.4 is 0 Å². The fourth-order valence-corrected chi connectivity index (χ4v) is 2.81. The molecule has 1 fully saturated rings. The van der Waals surface area contributed by atoms with E-state index < -0.39 is 5.97 Å². The molecule has 0 amide bonds. The minimum absolute atomic E-state index is 0.0535. The number of carbonyl (C=O) groups is 2. The first kappa shape index (κ1) is 14.6. The van der Waals surface area contributed by atoms with Crippen LogP contribution in [0, 0.1) is 5.92 Å². The van der Waals surface area contributed by atoms with Gasteiger partial charge >= 0.3 is 11.9 Å². The molecular formula is C16H18N2O4. The van der Waals surface area contributed by atoms with Gasteiger partial charge in [-0.15, -0.1) is 0 Å². The fourth-order valence-electron chi connectivity index (χ4n) is 2.81. The lowest BCUT2D eigenvalue weighted by Crippen LogP contribution is -2.22. The number of nitrogens with one attached hydrogen (secondary N) is 1. The van der Waals surface area contributed by atoms with Gasteiger partial charge in [0.25, 0.3) is 0 Å². The Balaban J connectivity index is 1.54. The molecule has 1 aromatic heterocycles.